The summed E-state index contributed by atoms with van der Waals surface area (Å²) in [6, 6.07) is 13.2. The lowest BCUT2D eigenvalue weighted by atomic mass is 9.96. The van der Waals surface area contributed by atoms with Gasteiger partial charge in [-0.15, -0.1) is 0 Å². The molecule has 0 aliphatic rings. The van der Waals surface area contributed by atoms with Crippen LogP contribution in [0.1, 0.15) is 48.7 Å². The van der Waals surface area contributed by atoms with E-state index in [1.807, 2.05) is 19.3 Å². The zero-order valence-electron chi connectivity index (χ0n) is 12.7. The highest BCUT2D eigenvalue weighted by Crippen LogP contribution is 2.24. The molecule has 0 spiro atoms. The second kappa shape index (κ2) is 7.20. The van der Waals surface area contributed by atoms with Crippen molar-refractivity contribution in [3.8, 4) is 0 Å². The third-order valence-electron chi connectivity index (χ3n) is 3.69. The number of rotatable bonds is 6. The molecule has 2 heteroatoms. The van der Waals surface area contributed by atoms with E-state index in [4.69, 9.17) is 0 Å². The van der Waals surface area contributed by atoms with Gasteiger partial charge < -0.3 is 5.32 Å². The smallest absolute Gasteiger partial charge is 0.0751 e. The summed E-state index contributed by atoms with van der Waals surface area (Å²) >= 11 is 0. The zero-order chi connectivity index (χ0) is 14.4. The molecule has 20 heavy (non-hydrogen) atoms. The molecule has 1 atom stereocenters. The summed E-state index contributed by atoms with van der Waals surface area (Å²) in [4.78, 5) is 4.61. The summed E-state index contributed by atoms with van der Waals surface area (Å²) in [6.07, 6.45) is 5.20. The van der Waals surface area contributed by atoms with Crippen molar-refractivity contribution in [2.24, 2.45) is 0 Å². The van der Waals surface area contributed by atoms with E-state index in [1.165, 1.54) is 23.1 Å². The molecule has 1 aromatic carbocycles. The van der Waals surface area contributed by atoms with Crippen LogP contribution in [0.15, 0.2) is 42.6 Å². The highest BCUT2D eigenvalue weighted by molar-refractivity contribution is 5.35. The fourth-order valence-corrected chi connectivity index (χ4v) is 2.69. The van der Waals surface area contributed by atoms with Crippen molar-refractivity contribution in [1.29, 1.82) is 0 Å². The van der Waals surface area contributed by atoms with E-state index in [1.54, 1.807) is 0 Å². The number of benzene rings is 1. The normalized spacial score (nSPS) is 12.3. The molecule has 0 radical (unpaired) electrons. The Kier molecular flexibility index (Phi) is 5.31. The third-order valence-corrected chi connectivity index (χ3v) is 3.69. The Morgan fingerprint density at radius 2 is 2.00 bits per heavy atom. The summed E-state index contributed by atoms with van der Waals surface area (Å²) in [5.41, 5.74) is 5.16. The van der Waals surface area contributed by atoms with Gasteiger partial charge in [-0.1, -0.05) is 50.6 Å². The molecule has 1 N–H and O–H groups in total. The molecule has 0 fully saturated rings. The summed E-state index contributed by atoms with van der Waals surface area (Å²) in [7, 11) is 2.01. The van der Waals surface area contributed by atoms with Gasteiger partial charge in [0.15, 0.2) is 0 Å². The summed E-state index contributed by atoms with van der Waals surface area (Å²) in [5.74, 6) is 0. The number of pyridine rings is 1. The Bertz CT molecular complexity index is 549. The van der Waals surface area contributed by atoms with E-state index in [0.717, 1.165) is 18.5 Å². The maximum atomic E-state index is 4.61. The van der Waals surface area contributed by atoms with Crippen molar-refractivity contribution < 1.29 is 0 Å². The van der Waals surface area contributed by atoms with Gasteiger partial charge in [0.1, 0.15) is 0 Å². The highest BCUT2D eigenvalue weighted by Gasteiger charge is 2.16. The van der Waals surface area contributed by atoms with Crippen LogP contribution < -0.4 is 5.32 Å². The van der Waals surface area contributed by atoms with E-state index < -0.39 is 0 Å². The van der Waals surface area contributed by atoms with Crippen molar-refractivity contribution in [3.63, 3.8) is 0 Å². The van der Waals surface area contributed by atoms with Crippen molar-refractivity contribution >= 4 is 0 Å². The van der Waals surface area contributed by atoms with Gasteiger partial charge in [0.25, 0.3) is 0 Å². The van der Waals surface area contributed by atoms with Gasteiger partial charge in [-0.25, -0.2) is 0 Å². The lowest BCUT2D eigenvalue weighted by Crippen LogP contribution is -2.20. The van der Waals surface area contributed by atoms with Crippen LogP contribution in [0.25, 0.3) is 0 Å². The SMILES string of the molecule is CCCc1cccc(C(NC)c2ncccc2CC)c1. The van der Waals surface area contributed by atoms with Crippen LogP contribution in [0, 0.1) is 0 Å². The molecule has 0 bridgehead atoms. The Hall–Kier alpha value is -1.67. The molecule has 0 amide bonds. The van der Waals surface area contributed by atoms with Crippen LogP contribution in [0.5, 0.6) is 0 Å². The van der Waals surface area contributed by atoms with Crippen molar-refractivity contribution in [1.82, 2.24) is 10.3 Å². The molecule has 2 nitrogen and oxygen atoms in total. The van der Waals surface area contributed by atoms with Gasteiger partial charge >= 0.3 is 0 Å². The van der Waals surface area contributed by atoms with Gasteiger partial charge in [0.05, 0.1) is 11.7 Å². The monoisotopic (exact) mass is 268 g/mol. The molecule has 2 aromatic rings. The minimum Gasteiger partial charge on any atom is -0.308 e. The predicted molar refractivity (Wildman–Crippen MR) is 85.0 cm³/mol. The Morgan fingerprint density at radius 1 is 1.15 bits per heavy atom. The second-order valence-electron chi connectivity index (χ2n) is 5.12. The van der Waals surface area contributed by atoms with Crippen LogP contribution in [0.2, 0.25) is 0 Å². The average Bonchev–Trinajstić information content (AvgIpc) is 2.49. The van der Waals surface area contributed by atoms with Gasteiger partial charge in [-0.3, -0.25) is 4.98 Å². The van der Waals surface area contributed by atoms with Crippen molar-refractivity contribution in [2.75, 3.05) is 7.05 Å². The fourth-order valence-electron chi connectivity index (χ4n) is 2.69. The van der Waals surface area contributed by atoms with Crippen LogP contribution >= 0.6 is 0 Å². The first-order valence-electron chi connectivity index (χ1n) is 7.50. The first-order chi connectivity index (χ1) is 9.80. The van der Waals surface area contributed by atoms with Crippen LogP contribution in [-0.4, -0.2) is 12.0 Å². The van der Waals surface area contributed by atoms with E-state index in [2.05, 4.69) is 54.5 Å². The number of nitrogens with zero attached hydrogens (tertiary/aromatic N) is 1. The number of hydrogen-bond donors (Lipinski definition) is 1. The minimum absolute atomic E-state index is 0.169. The second-order valence-corrected chi connectivity index (χ2v) is 5.12. The molecule has 1 aromatic heterocycles. The van der Waals surface area contributed by atoms with E-state index in [9.17, 15) is 0 Å². The molecule has 1 unspecified atom stereocenters. The van der Waals surface area contributed by atoms with Crippen molar-refractivity contribution in [3.05, 3.63) is 65.0 Å². The van der Waals surface area contributed by atoms with Crippen LogP contribution in [0.4, 0.5) is 0 Å². The molecule has 0 saturated heterocycles. The first-order valence-corrected chi connectivity index (χ1v) is 7.50. The van der Waals surface area contributed by atoms with Gasteiger partial charge in [0.2, 0.25) is 0 Å². The largest absolute Gasteiger partial charge is 0.308 e. The molecular weight excluding hydrogens is 244 g/mol. The summed E-state index contributed by atoms with van der Waals surface area (Å²) in [5, 5.41) is 3.42. The standard InChI is InChI=1S/C18H24N2/c1-4-8-14-9-6-10-16(13-14)17(19-3)18-15(5-2)11-7-12-20-18/h6-7,9-13,17,19H,4-5,8H2,1-3H3. The quantitative estimate of drug-likeness (QED) is 0.859. The Balaban J connectivity index is 2.39. The predicted octanol–water partition coefficient (Wildman–Crippen LogP) is 3.91. The summed E-state index contributed by atoms with van der Waals surface area (Å²) < 4.78 is 0. The number of aromatic nitrogens is 1. The van der Waals surface area contributed by atoms with Gasteiger partial charge in [0, 0.05) is 6.20 Å². The van der Waals surface area contributed by atoms with Gasteiger partial charge in [-0.2, -0.15) is 0 Å². The molecule has 0 aliphatic heterocycles. The molecule has 2 rings (SSSR count). The topological polar surface area (TPSA) is 24.9 Å². The Morgan fingerprint density at radius 3 is 2.70 bits per heavy atom. The molecule has 0 saturated carbocycles. The highest BCUT2D eigenvalue weighted by atomic mass is 14.9. The molecule has 1 heterocycles. The maximum Gasteiger partial charge on any atom is 0.0751 e. The zero-order valence-corrected chi connectivity index (χ0v) is 12.7. The lowest BCUT2D eigenvalue weighted by Gasteiger charge is -2.19. The van der Waals surface area contributed by atoms with Crippen molar-refractivity contribution in [2.45, 2.75) is 39.2 Å². The average molecular weight is 268 g/mol. The minimum atomic E-state index is 0.169. The fraction of sp³-hybridized carbons (Fsp3) is 0.389. The number of hydrogen-bond acceptors (Lipinski definition) is 2. The first kappa shape index (κ1) is 14.7. The summed E-state index contributed by atoms with van der Waals surface area (Å²) in [6.45, 7) is 4.40. The maximum absolute atomic E-state index is 4.61. The number of aryl methyl sites for hydroxylation is 2. The lowest BCUT2D eigenvalue weighted by molar-refractivity contribution is 0.661. The van der Waals surface area contributed by atoms with E-state index in [0.29, 0.717) is 0 Å². The van der Waals surface area contributed by atoms with Crippen LogP contribution in [0.3, 0.4) is 0 Å². The van der Waals surface area contributed by atoms with Crippen LogP contribution in [-0.2, 0) is 12.8 Å². The number of nitrogens with one attached hydrogen (secondary N) is 1. The molecule has 0 aliphatic carbocycles. The third kappa shape index (κ3) is 3.26. The molecular formula is C18H24N2. The van der Waals surface area contributed by atoms with Gasteiger partial charge in [-0.05, 0) is 42.6 Å². The van der Waals surface area contributed by atoms with E-state index >= 15 is 0 Å². The molecule has 106 valence electrons. The Labute approximate surface area is 122 Å². The van der Waals surface area contributed by atoms with E-state index in [-0.39, 0.29) is 6.04 Å².